The van der Waals surface area contributed by atoms with Crippen LogP contribution < -0.4 is 0 Å². The number of benzene rings is 1. The van der Waals surface area contributed by atoms with Crippen molar-refractivity contribution in [3.05, 3.63) is 34.6 Å². The summed E-state index contributed by atoms with van der Waals surface area (Å²) in [5.74, 6) is 2.96. The van der Waals surface area contributed by atoms with Gasteiger partial charge >= 0.3 is 0 Å². The summed E-state index contributed by atoms with van der Waals surface area (Å²) >= 11 is 0. The van der Waals surface area contributed by atoms with Crippen LogP contribution in [0.1, 0.15) is 94.2 Å². The van der Waals surface area contributed by atoms with Crippen LogP contribution in [-0.2, 0) is 17.6 Å². The van der Waals surface area contributed by atoms with E-state index in [2.05, 4.69) is 26.0 Å². The fourth-order valence-corrected chi connectivity index (χ4v) is 6.39. The van der Waals surface area contributed by atoms with Crippen LogP contribution in [0, 0.1) is 23.6 Å². The van der Waals surface area contributed by atoms with Crippen LogP contribution in [-0.4, -0.2) is 12.7 Å². The van der Waals surface area contributed by atoms with Gasteiger partial charge in [0.05, 0.1) is 6.10 Å². The predicted octanol–water partition coefficient (Wildman–Crippen LogP) is 6.82. The summed E-state index contributed by atoms with van der Waals surface area (Å²) in [6, 6.07) is 4.42. The van der Waals surface area contributed by atoms with E-state index >= 15 is 4.39 Å². The van der Waals surface area contributed by atoms with Crippen molar-refractivity contribution < 1.29 is 9.13 Å². The Morgan fingerprint density at radius 2 is 1.81 bits per heavy atom. The highest BCUT2D eigenvalue weighted by molar-refractivity contribution is 5.38. The van der Waals surface area contributed by atoms with Gasteiger partial charge in [-0.2, -0.15) is 0 Å². The van der Waals surface area contributed by atoms with Gasteiger partial charge in [-0.1, -0.05) is 31.9 Å². The zero-order valence-electron chi connectivity index (χ0n) is 17.3. The van der Waals surface area contributed by atoms with Crippen molar-refractivity contribution >= 4 is 0 Å². The summed E-state index contributed by atoms with van der Waals surface area (Å²) in [6.45, 7) is 5.20. The van der Waals surface area contributed by atoms with E-state index in [0.717, 1.165) is 54.7 Å². The van der Waals surface area contributed by atoms with Gasteiger partial charge in [-0.15, -0.1) is 0 Å². The van der Waals surface area contributed by atoms with Crippen molar-refractivity contribution in [2.75, 3.05) is 6.61 Å². The van der Waals surface area contributed by atoms with Gasteiger partial charge in [0.2, 0.25) is 0 Å². The number of fused-ring (bicyclic) bond motifs is 2. The monoisotopic (exact) mass is 372 g/mol. The molecule has 0 N–H and O–H groups in total. The van der Waals surface area contributed by atoms with Crippen LogP contribution in [0.2, 0.25) is 0 Å². The van der Waals surface area contributed by atoms with E-state index in [1.54, 1.807) is 0 Å². The molecule has 0 heterocycles. The largest absolute Gasteiger partial charge is 0.378 e. The highest BCUT2D eigenvalue weighted by Gasteiger charge is 2.37. The van der Waals surface area contributed by atoms with E-state index in [1.807, 2.05) is 0 Å². The second kappa shape index (κ2) is 8.64. The van der Waals surface area contributed by atoms with Gasteiger partial charge in [0.15, 0.2) is 0 Å². The molecule has 2 heteroatoms. The molecule has 1 aromatic rings. The van der Waals surface area contributed by atoms with Crippen LogP contribution in [0.3, 0.4) is 0 Å². The molecule has 1 aromatic carbocycles. The molecule has 4 rings (SSSR count). The molecule has 0 radical (unpaired) electrons. The molecular weight excluding hydrogens is 335 g/mol. The van der Waals surface area contributed by atoms with Gasteiger partial charge in [0.25, 0.3) is 0 Å². The molecule has 0 aliphatic heterocycles. The highest BCUT2D eigenvalue weighted by Crippen LogP contribution is 2.47. The van der Waals surface area contributed by atoms with E-state index in [4.69, 9.17) is 4.74 Å². The Morgan fingerprint density at radius 3 is 2.63 bits per heavy atom. The minimum absolute atomic E-state index is 0.161. The zero-order valence-corrected chi connectivity index (χ0v) is 17.3. The van der Waals surface area contributed by atoms with Crippen LogP contribution in [0.15, 0.2) is 12.1 Å². The summed E-state index contributed by atoms with van der Waals surface area (Å²) in [7, 11) is 0. The topological polar surface area (TPSA) is 9.23 Å². The van der Waals surface area contributed by atoms with Crippen LogP contribution >= 0.6 is 0 Å². The first-order valence-electron chi connectivity index (χ1n) is 11.6. The lowest BCUT2D eigenvalue weighted by atomic mass is 9.65. The van der Waals surface area contributed by atoms with Crippen molar-refractivity contribution in [3.63, 3.8) is 0 Å². The highest BCUT2D eigenvalue weighted by atomic mass is 19.1. The van der Waals surface area contributed by atoms with Crippen molar-refractivity contribution in [1.29, 1.82) is 0 Å². The van der Waals surface area contributed by atoms with Crippen LogP contribution in [0.25, 0.3) is 0 Å². The molecule has 1 nitrogen and oxygen atoms in total. The smallest absolute Gasteiger partial charge is 0.130 e. The van der Waals surface area contributed by atoms with Gasteiger partial charge in [0.1, 0.15) is 5.82 Å². The summed E-state index contributed by atoms with van der Waals surface area (Å²) in [6.07, 6.45) is 13.6. The number of halogens is 1. The third-order valence-corrected chi connectivity index (χ3v) is 7.79. The van der Waals surface area contributed by atoms with E-state index < -0.39 is 0 Å². The van der Waals surface area contributed by atoms with Gasteiger partial charge in [0, 0.05) is 6.61 Å². The van der Waals surface area contributed by atoms with Gasteiger partial charge in [-0.3, -0.25) is 0 Å². The number of hydrogen-bond acceptors (Lipinski definition) is 1. The second-order valence-electron chi connectivity index (χ2n) is 9.42. The van der Waals surface area contributed by atoms with Crippen molar-refractivity contribution in [2.45, 2.75) is 96.5 Å². The lowest BCUT2D eigenvalue weighted by molar-refractivity contribution is -0.00969. The van der Waals surface area contributed by atoms with E-state index in [-0.39, 0.29) is 5.82 Å². The standard InChI is InChI=1S/C25H37FO/c1-3-5-17-6-12-23-20(14-17)10-13-24(25(23)26)21-8-7-19-16-22(27-4-2)11-9-18(19)15-21/h10,13,17-19,21-22H,3-9,11-12,14-16H2,1-2H3. The zero-order chi connectivity index (χ0) is 18.8. The molecule has 0 amide bonds. The van der Waals surface area contributed by atoms with Crippen LogP contribution in [0.4, 0.5) is 4.39 Å². The molecule has 0 spiro atoms. The SMILES string of the molecule is CCCC1CCc2c(ccc(C3CCC4CC(OCC)CCC4C3)c2F)C1. The minimum atomic E-state index is 0.161. The third kappa shape index (κ3) is 4.11. The van der Waals surface area contributed by atoms with Crippen molar-refractivity contribution in [3.8, 4) is 0 Å². The first-order valence-corrected chi connectivity index (χ1v) is 11.6. The Morgan fingerprint density at radius 1 is 1.00 bits per heavy atom. The molecule has 3 aliphatic rings. The van der Waals surface area contributed by atoms with Crippen molar-refractivity contribution in [2.24, 2.45) is 17.8 Å². The lowest BCUT2D eigenvalue weighted by Crippen LogP contribution is -2.34. The summed E-state index contributed by atoms with van der Waals surface area (Å²) in [4.78, 5) is 0. The first-order chi connectivity index (χ1) is 13.2. The van der Waals surface area contributed by atoms with Crippen molar-refractivity contribution in [1.82, 2.24) is 0 Å². The molecule has 150 valence electrons. The Bertz CT molecular complexity index is 639. The molecular formula is C25H37FO. The summed E-state index contributed by atoms with van der Waals surface area (Å²) < 4.78 is 21.3. The maximum atomic E-state index is 15.4. The number of rotatable bonds is 5. The molecule has 0 aromatic heterocycles. The van der Waals surface area contributed by atoms with Gasteiger partial charge in [-0.25, -0.2) is 4.39 Å². The molecule has 27 heavy (non-hydrogen) atoms. The van der Waals surface area contributed by atoms with Gasteiger partial charge in [-0.05, 0) is 105 Å². The molecule has 5 atom stereocenters. The lowest BCUT2D eigenvalue weighted by Gasteiger charge is -2.42. The first kappa shape index (κ1) is 19.4. The maximum absolute atomic E-state index is 15.4. The summed E-state index contributed by atoms with van der Waals surface area (Å²) in [5.41, 5.74) is 3.39. The number of hydrogen-bond donors (Lipinski definition) is 0. The Balaban J connectivity index is 1.44. The van der Waals surface area contributed by atoms with E-state index in [9.17, 15) is 0 Å². The predicted molar refractivity (Wildman–Crippen MR) is 110 cm³/mol. The van der Waals surface area contributed by atoms with Gasteiger partial charge < -0.3 is 4.74 Å². The van der Waals surface area contributed by atoms with E-state index in [0.29, 0.717) is 12.0 Å². The van der Waals surface area contributed by atoms with E-state index in [1.165, 1.54) is 56.9 Å². The fraction of sp³-hybridized carbons (Fsp3) is 0.760. The Hall–Kier alpha value is -0.890. The molecule has 0 bridgehead atoms. The molecule has 2 fully saturated rings. The third-order valence-electron chi connectivity index (χ3n) is 7.79. The van der Waals surface area contributed by atoms with Crippen LogP contribution in [0.5, 0.6) is 0 Å². The second-order valence-corrected chi connectivity index (χ2v) is 9.42. The Labute approximate surface area is 165 Å². The number of ether oxygens (including phenoxy) is 1. The molecule has 2 saturated carbocycles. The quantitative estimate of drug-likeness (QED) is 0.551. The fourth-order valence-electron chi connectivity index (χ4n) is 6.39. The summed E-state index contributed by atoms with van der Waals surface area (Å²) in [5, 5.41) is 0. The average molecular weight is 373 g/mol. The Kier molecular flexibility index (Phi) is 6.21. The maximum Gasteiger partial charge on any atom is 0.130 e. The molecule has 3 aliphatic carbocycles. The molecule has 0 saturated heterocycles. The molecule has 5 unspecified atom stereocenters. The minimum Gasteiger partial charge on any atom is -0.378 e. The normalized spacial score (nSPS) is 33.4. The average Bonchev–Trinajstić information content (AvgIpc) is 2.68.